The number of aromatic nitrogens is 3. The van der Waals surface area contributed by atoms with Gasteiger partial charge in [0.2, 0.25) is 0 Å². The Bertz CT molecular complexity index is 865. The van der Waals surface area contributed by atoms with Crippen molar-refractivity contribution in [1.82, 2.24) is 15.0 Å². The van der Waals surface area contributed by atoms with Gasteiger partial charge in [0, 0.05) is 18.8 Å². The standard InChI is InChI=1S/C17H18N4O2S2/c1-22-13-4-2-3-12(9-13)10-24-16-14-15(18-11-19-16)20-17(25-14)21-5-7-23-8-6-21/h2-4,9,11H,5-8,10H2,1H3. The van der Waals surface area contributed by atoms with Crippen molar-refractivity contribution in [3.05, 3.63) is 36.2 Å². The van der Waals surface area contributed by atoms with Gasteiger partial charge in [0.05, 0.1) is 20.3 Å². The van der Waals surface area contributed by atoms with Crippen molar-refractivity contribution in [2.45, 2.75) is 10.8 Å². The lowest BCUT2D eigenvalue weighted by atomic mass is 10.2. The van der Waals surface area contributed by atoms with Crippen LogP contribution in [0.25, 0.3) is 10.3 Å². The van der Waals surface area contributed by atoms with E-state index in [0.717, 1.165) is 58.3 Å². The lowest BCUT2D eigenvalue weighted by Gasteiger charge is -2.25. The summed E-state index contributed by atoms with van der Waals surface area (Å²) in [4.78, 5) is 15.7. The maximum absolute atomic E-state index is 5.42. The highest BCUT2D eigenvalue weighted by atomic mass is 32.2. The summed E-state index contributed by atoms with van der Waals surface area (Å²) in [6, 6.07) is 8.11. The zero-order chi connectivity index (χ0) is 17.1. The van der Waals surface area contributed by atoms with E-state index in [1.165, 1.54) is 5.56 Å². The third-order valence-corrected chi connectivity index (χ3v) is 6.24. The summed E-state index contributed by atoms with van der Waals surface area (Å²) >= 11 is 3.36. The molecule has 1 saturated heterocycles. The summed E-state index contributed by atoms with van der Waals surface area (Å²) in [5, 5.41) is 1.98. The van der Waals surface area contributed by atoms with Crippen molar-refractivity contribution < 1.29 is 9.47 Å². The fraction of sp³-hybridized carbons (Fsp3) is 0.353. The van der Waals surface area contributed by atoms with Crippen LogP contribution in [0, 0.1) is 0 Å². The molecular weight excluding hydrogens is 356 g/mol. The van der Waals surface area contributed by atoms with Gasteiger partial charge in [-0.1, -0.05) is 23.5 Å². The number of nitrogens with zero attached hydrogens (tertiary/aromatic N) is 4. The molecule has 0 radical (unpaired) electrons. The molecule has 1 fully saturated rings. The molecule has 1 aliphatic heterocycles. The number of thioether (sulfide) groups is 1. The molecule has 0 bridgehead atoms. The maximum atomic E-state index is 5.42. The molecule has 4 rings (SSSR count). The highest BCUT2D eigenvalue weighted by Crippen LogP contribution is 2.35. The molecule has 3 aromatic rings. The number of fused-ring (bicyclic) bond motifs is 1. The first kappa shape index (κ1) is 16.6. The summed E-state index contributed by atoms with van der Waals surface area (Å²) in [5.74, 6) is 1.70. The Morgan fingerprint density at radius 1 is 1.28 bits per heavy atom. The molecule has 1 aliphatic rings. The number of benzene rings is 1. The first-order valence-electron chi connectivity index (χ1n) is 8.03. The predicted octanol–water partition coefficient (Wildman–Crippen LogP) is 3.22. The molecule has 2 aromatic heterocycles. The van der Waals surface area contributed by atoms with E-state index >= 15 is 0 Å². The number of anilines is 1. The number of hydrogen-bond acceptors (Lipinski definition) is 8. The van der Waals surface area contributed by atoms with Crippen LogP contribution in [0.5, 0.6) is 5.75 Å². The van der Waals surface area contributed by atoms with Gasteiger partial charge in [-0.05, 0) is 17.7 Å². The number of thiazole rings is 1. The largest absolute Gasteiger partial charge is 0.497 e. The van der Waals surface area contributed by atoms with Crippen LogP contribution >= 0.6 is 23.1 Å². The van der Waals surface area contributed by atoms with Gasteiger partial charge in [0.1, 0.15) is 21.8 Å². The Balaban J connectivity index is 1.55. The van der Waals surface area contributed by atoms with Crippen LogP contribution in [0.15, 0.2) is 35.6 Å². The highest BCUT2D eigenvalue weighted by molar-refractivity contribution is 7.98. The molecule has 130 valence electrons. The second-order valence-electron chi connectivity index (χ2n) is 5.57. The van der Waals surface area contributed by atoms with Crippen LogP contribution < -0.4 is 9.64 Å². The second-order valence-corrected chi connectivity index (χ2v) is 7.51. The topological polar surface area (TPSA) is 60.4 Å². The monoisotopic (exact) mass is 374 g/mol. The smallest absolute Gasteiger partial charge is 0.188 e. The maximum Gasteiger partial charge on any atom is 0.188 e. The molecule has 0 aliphatic carbocycles. The SMILES string of the molecule is COc1cccc(CSc2ncnc3nc(N4CCOCC4)sc23)c1. The lowest BCUT2D eigenvalue weighted by Crippen LogP contribution is -2.36. The van der Waals surface area contributed by atoms with Crippen LogP contribution in [0.4, 0.5) is 5.13 Å². The molecule has 6 nitrogen and oxygen atoms in total. The third kappa shape index (κ3) is 3.70. The van der Waals surface area contributed by atoms with Crippen LogP contribution in [0.2, 0.25) is 0 Å². The zero-order valence-electron chi connectivity index (χ0n) is 13.8. The molecule has 0 atom stereocenters. The molecule has 1 aromatic carbocycles. The van der Waals surface area contributed by atoms with Crippen LogP contribution in [0.1, 0.15) is 5.56 Å². The number of methoxy groups -OCH3 is 1. The van der Waals surface area contributed by atoms with Crippen molar-refractivity contribution in [2.24, 2.45) is 0 Å². The minimum Gasteiger partial charge on any atom is -0.497 e. The minimum atomic E-state index is 0.749. The first-order valence-corrected chi connectivity index (χ1v) is 9.83. The van der Waals surface area contributed by atoms with Gasteiger partial charge in [-0.25, -0.2) is 9.97 Å². The van der Waals surface area contributed by atoms with Gasteiger partial charge in [-0.15, -0.1) is 11.8 Å². The molecule has 0 saturated carbocycles. The van der Waals surface area contributed by atoms with E-state index in [0.29, 0.717) is 0 Å². The number of ether oxygens (including phenoxy) is 2. The van der Waals surface area contributed by atoms with E-state index in [1.807, 2.05) is 12.1 Å². The van der Waals surface area contributed by atoms with Gasteiger partial charge in [0.15, 0.2) is 10.8 Å². The van der Waals surface area contributed by atoms with E-state index in [4.69, 9.17) is 9.47 Å². The minimum absolute atomic E-state index is 0.749. The van der Waals surface area contributed by atoms with E-state index in [-0.39, 0.29) is 0 Å². The molecule has 0 N–H and O–H groups in total. The molecule has 3 heterocycles. The Morgan fingerprint density at radius 3 is 3.00 bits per heavy atom. The fourth-order valence-electron chi connectivity index (χ4n) is 2.63. The van der Waals surface area contributed by atoms with Crippen molar-refractivity contribution >= 4 is 38.6 Å². The molecule has 0 amide bonds. The summed E-state index contributed by atoms with van der Waals surface area (Å²) in [5.41, 5.74) is 1.98. The summed E-state index contributed by atoms with van der Waals surface area (Å²) in [6.07, 6.45) is 1.60. The average molecular weight is 374 g/mol. The van der Waals surface area contributed by atoms with E-state index in [9.17, 15) is 0 Å². The Hall–Kier alpha value is -1.90. The van der Waals surface area contributed by atoms with Gasteiger partial charge in [-0.3, -0.25) is 0 Å². The predicted molar refractivity (Wildman–Crippen MR) is 101 cm³/mol. The summed E-state index contributed by atoms with van der Waals surface area (Å²) in [7, 11) is 1.69. The molecular formula is C17H18N4O2S2. The Kier molecular flexibility index (Phi) is 5.00. The van der Waals surface area contributed by atoms with E-state index in [2.05, 4.69) is 32.0 Å². The summed E-state index contributed by atoms with van der Waals surface area (Å²) < 4.78 is 11.8. The lowest BCUT2D eigenvalue weighted by molar-refractivity contribution is 0.122. The number of morpholine rings is 1. The van der Waals surface area contributed by atoms with Crippen LogP contribution in [-0.2, 0) is 10.5 Å². The average Bonchev–Trinajstić information content (AvgIpc) is 3.12. The van der Waals surface area contributed by atoms with Gasteiger partial charge >= 0.3 is 0 Å². The van der Waals surface area contributed by atoms with E-state index < -0.39 is 0 Å². The van der Waals surface area contributed by atoms with Crippen LogP contribution in [-0.4, -0.2) is 48.4 Å². The van der Waals surface area contributed by atoms with Crippen molar-refractivity contribution in [3.63, 3.8) is 0 Å². The Labute approximate surface area is 154 Å². The Morgan fingerprint density at radius 2 is 2.16 bits per heavy atom. The van der Waals surface area contributed by atoms with Gasteiger partial charge < -0.3 is 14.4 Å². The van der Waals surface area contributed by atoms with Gasteiger partial charge in [0.25, 0.3) is 0 Å². The zero-order valence-corrected chi connectivity index (χ0v) is 15.5. The summed E-state index contributed by atoms with van der Waals surface area (Å²) in [6.45, 7) is 3.25. The molecule has 0 unspecified atom stereocenters. The van der Waals surface area contributed by atoms with Gasteiger partial charge in [-0.2, -0.15) is 4.98 Å². The second kappa shape index (κ2) is 7.55. The normalized spacial score (nSPS) is 14.8. The highest BCUT2D eigenvalue weighted by Gasteiger charge is 2.18. The third-order valence-electron chi connectivity index (χ3n) is 3.94. The molecule has 0 spiro atoms. The first-order chi connectivity index (χ1) is 12.3. The van der Waals surface area contributed by atoms with Crippen molar-refractivity contribution in [3.8, 4) is 5.75 Å². The van der Waals surface area contributed by atoms with Crippen molar-refractivity contribution in [1.29, 1.82) is 0 Å². The van der Waals surface area contributed by atoms with E-state index in [1.54, 1.807) is 36.5 Å². The van der Waals surface area contributed by atoms with Crippen molar-refractivity contribution in [2.75, 3.05) is 38.3 Å². The number of hydrogen-bond donors (Lipinski definition) is 0. The number of rotatable bonds is 5. The van der Waals surface area contributed by atoms with Crippen LogP contribution in [0.3, 0.4) is 0 Å². The quantitative estimate of drug-likeness (QED) is 0.502. The molecule has 8 heteroatoms. The fourth-order valence-corrected chi connectivity index (χ4v) is 4.71. The molecule has 25 heavy (non-hydrogen) atoms.